The summed E-state index contributed by atoms with van der Waals surface area (Å²) in [5.41, 5.74) is 7.30. The summed E-state index contributed by atoms with van der Waals surface area (Å²) in [6, 6.07) is 10.6. The summed E-state index contributed by atoms with van der Waals surface area (Å²) in [6.07, 6.45) is 2.77. The second-order valence-electron chi connectivity index (χ2n) is 5.30. The summed E-state index contributed by atoms with van der Waals surface area (Å²) in [7, 11) is 0. The van der Waals surface area contributed by atoms with E-state index in [0.29, 0.717) is 12.0 Å². The van der Waals surface area contributed by atoms with E-state index >= 15 is 0 Å². The smallest absolute Gasteiger partial charge is 0.0599 e. The molecule has 1 unspecified atom stereocenters. The van der Waals surface area contributed by atoms with Crippen molar-refractivity contribution >= 4 is 0 Å². The van der Waals surface area contributed by atoms with Gasteiger partial charge in [-0.1, -0.05) is 30.3 Å². The minimum absolute atomic E-state index is 0.449. The Morgan fingerprint density at radius 1 is 1.26 bits per heavy atom. The summed E-state index contributed by atoms with van der Waals surface area (Å²) in [5.74, 6) is 0.449. The molecule has 0 amide bonds. The van der Waals surface area contributed by atoms with E-state index in [2.05, 4.69) is 42.2 Å². The van der Waals surface area contributed by atoms with Crippen molar-refractivity contribution in [3.8, 4) is 0 Å². The zero-order chi connectivity index (χ0) is 13.5. The topological polar surface area (TPSA) is 38.5 Å². The van der Waals surface area contributed by atoms with Gasteiger partial charge < -0.3 is 15.4 Å². The molecule has 0 bridgehead atoms. The van der Waals surface area contributed by atoms with E-state index in [1.807, 2.05) is 0 Å². The highest BCUT2D eigenvalue weighted by Gasteiger charge is 2.21. The number of rotatable bonds is 6. The third kappa shape index (κ3) is 4.30. The van der Waals surface area contributed by atoms with Crippen LogP contribution in [-0.4, -0.2) is 43.8 Å². The molecule has 1 saturated heterocycles. The molecule has 1 aliphatic rings. The maximum atomic E-state index is 5.95. The van der Waals surface area contributed by atoms with Crippen molar-refractivity contribution in [2.24, 2.45) is 5.73 Å². The maximum absolute atomic E-state index is 5.95. The maximum Gasteiger partial charge on any atom is 0.0599 e. The number of hydrogen-bond donors (Lipinski definition) is 1. The highest BCUT2D eigenvalue weighted by Crippen LogP contribution is 2.19. The monoisotopic (exact) mass is 262 g/mol. The van der Waals surface area contributed by atoms with E-state index in [4.69, 9.17) is 10.5 Å². The lowest BCUT2D eigenvalue weighted by Crippen LogP contribution is -2.40. The summed E-state index contributed by atoms with van der Waals surface area (Å²) < 4.78 is 5.70. The first-order chi connectivity index (χ1) is 9.33. The molecule has 0 aliphatic carbocycles. The van der Waals surface area contributed by atoms with Crippen molar-refractivity contribution in [2.75, 3.05) is 32.8 Å². The van der Waals surface area contributed by atoms with Crippen LogP contribution in [0.15, 0.2) is 30.3 Å². The van der Waals surface area contributed by atoms with Gasteiger partial charge in [-0.3, -0.25) is 0 Å². The van der Waals surface area contributed by atoms with Gasteiger partial charge in [0.1, 0.15) is 0 Å². The Morgan fingerprint density at radius 3 is 2.53 bits per heavy atom. The van der Waals surface area contributed by atoms with Crippen LogP contribution in [0.25, 0.3) is 0 Å². The zero-order valence-corrected chi connectivity index (χ0v) is 11.9. The number of piperidine rings is 1. The number of hydrogen-bond acceptors (Lipinski definition) is 3. The lowest BCUT2D eigenvalue weighted by atomic mass is 9.97. The number of benzene rings is 1. The molecule has 0 radical (unpaired) electrons. The molecule has 1 aliphatic heterocycles. The van der Waals surface area contributed by atoms with Gasteiger partial charge in [0.2, 0.25) is 0 Å². The predicted octanol–water partition coefficient (Wildman–Crippen LogP) is 2.23. The first-order valence-corrected chi connectivity index (χ1v) is 7.42. The molecule has 0 spiro atoms. The Morgan fingerprint density at radius 2 is 1.95 bits per heavy atom. The van der Waals surface area contributed by atoms with Gasteiger partial charge in [0.25, 0.3) is 0 Å². The van der Waals surface area contributed by atoms with Crippen LogP contribution in [0.1, 0.15) is 31.2 Å². The highest BCUT2D eigenvalue weighted by atomic mass is 16.5. The molecule has 3 heteroatoms. The van der Waals surface area contributed by atoms with E-state index in [-0.39, 0.29) is 0 Å². The number of ether oxygens (including phenoxy) is 1. The molecule has 1 heterocycles. The molecule has 106 valence electrons. The van der Waals surface area contributed by atoms with Crippen LogP contribution in [0.3, 0.4) is 0 Å². The van der Waals surface area contributed by atoms with Gasteiger partial charge in [0.15, 0.2) is 0 Å². The zero-order valence-electron chi connectivity index (χ0n) is 11.9. The minimum Gasteiger partial charge on any atom is -0.378 e. The quantitative estimate of drug-likeness (QED) is 0.854. The minimum atomic E-state index is 0.449. The van der Waals surface area contributed by atoms with Crippen LogP contribution in [0, 0.1) is 0 Å². The molecule has 1 fully saturated rings. The Balaban J connectivity index is 1.84. The standard InChI is InChI=1S/C16H26N2O/c1-2-19-16-8-10-18(11-9-16)13-15(12-17)14-6-4-3-5-7-14/h3-7,15-16H,2,8-13,17H2,1H3. The van der Waals surface area contributed by atoms with E-state index in [9.17, 15) is 0 Å². The van der Waals surface area contributed by atoms with Crippen LogP contribution in [0.2, 0.25) is 0 Å². The lowest BCUT2D eigenvalue weighted by Gasteiger charge is -2.34. The Kier molecular flexibility index (Phi) is 5.83. The van der Waals surface area contributed by atoms with Crippen molar-refractivity contribution in [3.05, 3.63) is 35.9 Å². The molecule has 1 aromatic rings. The van der Waals surface area contributed by atoms with E-state index in [1.165, 1.54) is 5.56 Å². The average molecular weight is 262 g/mol. The van der Waals surface area contributed by atoms with Gasteiger partial charge in [-0.05, 0) is 25.3 Å². The first-order valence-electron chi connectivity index (χ1n) is 7.42. The molecule has 1 aromatic carbocycles. The molecule has 1 atom stereocenters. The molecule has 0 saturated carbocycles. The molecular formula is C16H26N2O. The predicted molar refractivity (Wildman–Crippen MR) is 79.3 cm³/mol. The van der Waals surface area contributed by atoms with Gasteiger partial charge in [0, 0.05) is 38.7 Å². The summed E-state index contributed by atoms with van der Waals surface area (Å²) >= 11 is 0. The van der Waals surface area contributed by atoms with Gasteiger partial charge in [-0.15, -0.1) is 0 Å². The fraction of sp³-hybridized carbons (Fsp3) is 0.625. The third-order valence-electron chi connectivity index (χ3n) is 3.97. The number of likely N-dealkylation sites (tertiary alicyclic amines) is 1. The average Bonchev–Trinajstić information content (AvgIpc) is 2.48. The fourth-order valence-corrected chi connectivity index (χ4v) is 2.85. The van der Waals surface area contributed by atoms with Crippen LogP contribution in [-0.2, 0) is 4.74 Å². The number of nitrogens with zero attached hydrogens (tertiary/aromatic N) is 1. The van der Waals surface area contributed by atoms with E-state index in [0.717, 1.165) is 45.6 Å². The third-order valence-corrected chi connectivity index (χ3v) is 3.97. The van der Waals surface area contributed by atoms with Crippen molar-refractivity contribution in [1.82, 2.24) is 4.90 Å². The molecule has 19 heavy (non-hydrogen) atoms. The lowest BCUT2D eigenvalue weighted by molar-refractivity contribution is 0.0132. The SMILES string of the molecule is CCOC1CCN(CC(CN)c2ccccc2)CC1. The van der Waals surface area contributed by atoms with Gasteiger partial charge in [0.05, 0.1) is 6.10 Å². The number of nitrogens with two attached hydrogens (primary N) is 1. The van der Waals surface area contributed by atoms with Gasteiger partial charge in [-0.25, -0.2) is 0 Å². The normalized spacial score (nSPS) is 19.5. The largest absolute Gasteiger partial charge is 0.378 e. The molecular weight excluding hydrogens is 236 g/mol. The Labute approximate surface area is 116 Å². The molecule has 3 nitrogen and oxygen atoms in total. The molecule has 2 N–H and O–H groups in total. The van der Waals surface area contributed by atoms with Crippen LogP contribution >= 0.6 is 0 Å². The van der Waals surface area contributed by atoms with Crippen molar-refractivity contribution in [2.45, 2.75) is 31.8 Å². The Hall–Kier alpha value is -0.900. The Bertz CT molecular complexity index is 347. The molecule has 2 rings (SSSR count). The summed E-state index contributed by atoms with van der Waals surface area (Å²) in [6.45, 7) is 6.96. The van der Waals surface area contributed by atoms with Crippen LogP contribution < -0.4 is 5.73 Å². The second kappa shape index (κ2) is 7.63. The van der Waals surface area contributed by atoms with Crippen molar-refractivity contribution in [1.29, 1.82) is 0 Å². The summed E-state index contributed by atoms with van der Waals surface area (Å²) in [5, 5.41) is 0. The summed E-state index contributed by atoms with van der Waals surface area (Å²) in [4.78, 5) is 2.53. The van der Waals surface area contributed by atoms with Crippen LogP contribution in [0.5, 0.6) is 0 Å². The van der Waals surface area contributed by atoms with Gasteiger partial charge in [-0.2, -0.15) is 0 Å². The van der Waals surface area contributed by atoms with Crippen molar-refractivity contribution in [3.63, 3.8) is 0 Å². The van der Waals surface area contributed by atoms with E-state index < -0.39 is 0 Å². The van der Waals surface area contributed by atoms with Gasteiger partial charge >= 0.3 is 0 Å². The molecule has 0 aromatic heterocycles. The van der Waals surface area contributed by atoms with Crippen molar-refractivity contribution < 1.29 is 4.74 Å². The first kappa shape index (κ1) is 14.5. The fourth-order valence-electron chi connectivity index (χ4n) is 2.85. The highest BCUT2D eigenvalue weighted by molar-refractivity contribution is 5.20. The van der Waals surface area contributed by atoms with E-state index in [1.54, 1.807) is 0 Å². The second-order valence-corrected chi connectivity index (χ2v) is 5.30. The van der Waals surface area contributed by atoms with Crippen LogP contribution in [0.4, 0.5) is 0 Å².